The molecule has 0 radical (unpaired) electrons. The molecule has 1 heterocycles. The van der Waals surface area contributed by atoms with Crippen molar-refractivity contribution in [3.8, 4) is 11.5 Å². The van der Waals surface area contributed by atoms with Crippen LogP contribution in [0.4, 0.5) is 20.2 Å². The van der Waals surface area contributed by atoms with E-state index in [1.165, 1.54) is 31.3 Å². The van der Waals surface area contributed by atoms with Gasteiger partial charge in [-0.3, -0.25) is 9.59 Å². The topological polar surface area (TPSA) is 67.9 Å². The molecule has 0 saturated carbocycles. The zero-order valence-electron chi connectivity index (χ0n) is 16.2. The highest BCUT2D eigenvalue weighted by atomic mass is 35.5. The number of ether oxygens (including phenoxy) is 2. The van der Waals surface area contributed by atoms with Gasteiger partial charge in [-0.15, -0.1) is 0 Å². The van der Waals surface area contributed by atoms with Crippen molar-refractivity contribution in [2.45, 2.75) is 17.1 Å². The number of benzene rings is 2. The average molecular weight is 457 g/mol. The lowest BCUT2D eigenvalue weighted by Gasteiger charge is -2.19. The van der Waals surface area contributed by atoms with Gasteiger partial charge in [-0.05, 0) is 24.3 Å². The van der Waals surface area contributed by atoms with Crippen LogP contribution < -0.4 is 19.7 Å². The summed E-state index contributed by atoms with van der Waals surface area (Å²) in [6.45, 7) is 0.151. The van der Waals surface area contributed by atoms with Crippen LogP contribution in [0.2, 0.25) is 5.02 Å². The van der Waals surface area contributed by atoms with E-state index in [9.17, 15) is 18.4 Å². The van der Waals surface area contributed by atoms with Gasteiger partial charge in [0.25, 0.3) is 5.76 Å². The number of carbonyl (C=O) groups is 2. The number of carbonyl (C=O) groups excluding carboxylic acids is 2. The monoisotopic (exact) mass is 456 g/mol. The summed E-state index contributed by atoms with van der Waals surface area (Å²) in [5.41, 5.74) is 0.763. The molecule has 2 amide bonds. The molecule has 2 aromatic carbocycles. The number of methoxy groups -OCH3 is 2. The SMILES string of the molecule is COc1ccc(N2CC(C(=O)Nc3cccc(Cl)c3SC(F)F)CC2=O)cc1OC. The van der Waals surface area contributed by atoms with Gasteiger partial charge in [0.05, 0.1) is 35.7 Å². The summed E-state index contributed by atoms with van der Waals surface area (Å²) in [5, 5.41) is 2.75. The maximum Gasteiger partial charge on any atom is 0.289 e. The molecule has 3 rings (SSSR count). The first-order valence-corrected chi connectivity index (χ1v) is 10.2. The van der Waals surface area contributed by atoms with E-state index in [2.05, 4.69) is 5.32 Å². The fourth-order valence-corrected chi connectivity index (χ4v) is 4.09. The third kappa shape index (κ3) is 4.79. The molecule has 0 spiro atoms. The van der Waals surface area contributed by atoms with Crippen LogP contribution in [-0.2, 0) is 9.59 Å². The van der Waals surface area contributed by atoms with Crippen molar-refractivity contribution >= 4 is 46.6 Å². The van der Waals surface area contributed by atoms with Crippen LogP contribution in [0.5, 0.6) is 11.5 Å². The number of nitrogens with zero attached hydrogens (tertiary/aromatic N) is 1. The number of alkyl halides is 2. The Labute approximate surface area is 181 Å². The van der Waals surface area contributed by atoms with E-state index in [0.29, 0.717) is 17.2 Å². The third-order valence-electron chi connectivity index (χ3n) is 4.61. The Kier molecular flexibility index (Phi) is 7.04. The van der Waals surface area contributed by atoms with Gasteiger partial charge >= 0.3 is 0 Å². The fourth-order valence-electron chi connectivity index (χ4n) is 3.18. The predicted molar refractivity (Wildman–Crippen MR) is 112 cm³/mol. The van der Waals surface area contributed by atoms with Crippen LogP contribution in [0, 0.1) is 5.92 Å². The Bertz CT molecular complexity index is 960. The summed E-state index contributed by atoms with van der Waals surface area (Å²) in [5.74, 6) is -3.01. The molecular formula is C20H19ClF2N2O4S. The molecule has 30 heavy (non-hydrogen) atoms. The second kappa shape index (κ2) is 9.53. The van der Waals surface area contributed by atoms with E-state index in [1.54, 1.807) is 24.3 Å². The van der Waals surface area contributed by atoms with Crippen LogP contribution >= 0.6 is 23.4 Å². The van der Waals surface area contributed by atoms with Crippen molar-refractivity contribution in [2.24, 2.45) is 5.92 Å². The normalized spacial score (nSPS) is 16.1. The van der Waals surface area contributed by atoms with Crippen LogP contribution in [0.15, 0.2) is 41.3 Å². The number of nitrogens with one attached hydrogen (secondary N) is 1. The van der Waals surface area contributed by atoms with Gasteiger partial charge in [0.15, 0.2) is 11.5 Å². The summed E-state index contributed by atoms with van der Waals surface area (Å²) >= 11 is 6.26. The minimum atomic E-state index is -2.69. The summed E-state index contributed by atoms with van der Waals surface area (Å²) in [6.07, 6.45) is -0.00192. The number of halogens is 3. The number of hydrogen-bond acceptors (Lipinski definition) is 5. The van der Waals surface area contributed by atoms with Gasteiger partial charge in [-0.2, -0.15) is 8.78 Å². The molecule has 1 N–H and O–H groups in total. The van der Waals surface area contributed by atoms with Crippen molar-refractivity contribution in [2.75, 3.05) is 31.0 Å². The first-order valence-electron chi connectivity index (χ1n) is 8.90. The molecule has 1 unspecified atom stereocenters. The molecule has 1 saturated heterocycles. The maximum absolute atomic E-state index is 12.8. The zero-order chi connectivity index (χ0) is 21.8. The minimum absolute atomic E-state index is 0.00192. The first kappa shape index (κ1) is 22.2. The minimum Gasteiger partial charge on any atom is -0.493 e. The van der Waals surface area contributed by atoms with Crippen LogP contribution in [0.1, 0.15) is 6.42 Å². The lowest BCUT2D eigenvalue weighted by Crippen LogP contribution is -2.28. The standard InChI is InChI=1S/C20H19ClF2N2O4S/c1-28-15-7-6-12(9-16(15)29-2)25-10-11(8-17(25)26)19(27)24-14-5-3-4-13(21)18(14)30-20(22)23/h3-7,9,11,20H,8,10H2,1-2H3,(H,24,27). The number of hydrogen-bond donors (Lipinski definition) is 1. The molecule has 2 aromatic rings. The van der Waals surface area contributed by atoms with E-state index in [1.807, 2.05) is 0 Å². The highest BCUT2D eigenvalue weighted by Gasteiger charge is 2.36. The fraction of sp³-hybridized carbons (Fsp3) is 0.300. The molecule has 0 aromatic heterocycles. The number of rotatable bonds is 7. The second-order valence-corrected chi connectivity index (χ2v) is 7.84. The van der Waals surface area contributed by atoms with Crippen LogP contribution in [0.25, 0.3) is 0 Å². The van der Waals surface area contributed by atoms with Gasteiger partial charge in [0.2, 0.25) is 11.8 Å². The molecule has 160 valence electrons. The summed E-state index contributed by atoms with van der Waals surface area (Å²) in [7, 11) is 3.00. The van der Waals surface area contributed by atoms with E-state index >= 15 is 0 Å². The van der Waals surface area contributed by atoms with Gasteiger partial charge < -0.3 is 19.7 Å². The molecule has 1 atom stereocenters. The van der Waals surface area contributed by atoms with E-state index in [0.717, 1.165) is 0 Å². The third-order valence-corrected chi connectivity index (χ3v) is 5.89. The smallest absolute Gasteiger partial charge is 0.289 e. The van der Waals surface area contributed by atoms with Gasteiger partial charge in [0, 0.05) is 24.7 Å². The van der Waals surface area contributed by atoms with Crippen molar-refractivity contribution in [3.05, 3.63) is 41.4 Å². The molecule has 1 fully saturated rings. The summed E-state index contributed by atoms with van der Waals surface area (Å²) < 4.78 is 36.2. The van der Waals surface area contributed by atoms with Gasteiger partial charge in [-0.25, -0.2) is 0 Å². The Morgan fingerprint density at radius 2 is 1.97 bits per heavy atom. The Balaban J connectivity index is 1.76. The van der Waals surface area contributed by atoms with Crippen molar-refractivity contribution in [1.29, 1.82) is 0 Å². The molecule has 6 nitrogen and oxygen atoms in total. The highest BCUT2D eigenvalue weighted by molar-refractivity contribution is 7.99. The molecule has 0 bridgehead atoms. The van der Waals surface area contributed by atoms with Gasteiger partial charge in [-0.1, -0.05) is 29.4 Å². The largest absolute Gasteiger partial charge is 0.493 e. The number of thioether (sulfide) groups is 1. The van der Waals surface area contributed by atoms with Gasteiger partial charge in [0.1, 0.15) is 0 Å². The molecule has 1 aliphatic heterocycles. The van der Waals surface area contributed by atoms with E-state index in [4.69, 9.17) is 21.1 Å². The molecular weight excluding hydrogens is 438 g/mol. The molecule has 10 heteroatoms. The maximum atomic E-state index is 12.8. The summed E-state index contributed by atoms with van der Waals surface area (Å²) in [6, 6.07) is 9.56. The lowest BCUT2D eigenvalue weighted by atomic mass is 10.1. The Morgan fingerprint density at radius 3 is 2.63 bits per heavy atom. The van der Waals surface area contributed by atoms with Crippen LogP contribution in [0.3, 0.4) is 0 Å². The number of anilines is 2. The Hall–Kier alpha value is -2.52. The number of amides is 2. The molecule has 1 aliphatic rings. The van der Waals surface area contributed by atoms with E-state index in [-0.39, 0.29) is 46.2 Å². The average Bonchev–Trinajstić information content (AvgIpc) is 3.11. The van der Waals surface area contributed by atoms with Crippen molar-refractivity contribution < 1.29 is 27.8 Å². The van der Waals surface area contributed by atoms with E-state index < -0.39 is 17.6 Å². The quantitative estimate of drug-likeness (QED) is 0.613. The van der Waals surface area contributed by atoms with Crippen molar-refractivity contribution in [3.63, 3.8) is 0 Å². The first-order chi connectivity index (χ1) is 14.3. The Morgan fingerprint density at radius 1 is 1.23 bits per heavy atom. The second-order valence-electron chi connectivity index (χ2n) is 6.43. The lowest BCUT2D eigenvalue weighted by molar-refractivity contribution is -0.122. The van der Waals surface area contributed by atoms with Crippen molar-refractivity contribution in [1.82, 2.24) is 0 Å². The molecule has 0 aliphatic carbocycles. The zero-order valence-corrected chi connectivity index (χ0v) is 17.7. The highest BCUT2D eigenvalue weighted by Crippen LogP contribution is 2.38. The predicted octanol–water partition coefficient (Wildman–Crippen LogP) is 4.66. The summed E-state index contributed by atoms with van der Waals surface area (Å²) in [4.78, 5) is 26.8. The van der Waals surface area contributed by atoms with Crippen LogP contribution in [-0.4, -0.2) is 38.3 Å².